The highest BCUT2D eigenvalue weighted by Gasteiger charge is 2.73. The minimum Gasteiger partial charge on any atom is -0.508 e. The van der Waals surface area contributed by atoms with Gasteiger partial charge in [0.15, 0.2) is 0 Å². The second-order valence-electron chi connectivity index (χ2n) is 3.56. The topological polar surface area (TPSA) is 80.9 Å². The second-order valence-corrected chi connectivity index (χ2v) is 3.56. The lowest BCUT2D eigenvalue weighted by Crippen LogP contribution is -2.54. The largest absolute Gasteiger partial charge is 0.508 e. The summed E-state index contributed by atoms with van der Waals surface area (Å²) in [6.45, 7) is 0. The van der Waals surface area contributed by atoms with Crippen molar-refractivity contribution in [2.24, 2.45) is 0 Å². The molecule has 0 spiro atoms. The van der Waals surface area contributed by atoms with Gasteiger partial charge in [-0.3, -0.25) is 0 Å². The van der Waals surface area contributed by atoms with E-state index in [9.17, 15) is 26.3 Å². The minimum atomic E-state index is -6.25. The van der Waals surface area contributed by atoms with E-state index in [1.165, 1.54) is 0 Å². The van der Waals surface area contributed by atoms with Crippen LogP contribution in [0, 0.1) is 0 Å². The lowest BCUT2D eigenvalue weighted by Gasteiger charge is -2.33. The smallest absolute Gasteiger partial charge is 0.430 e. The Morgan fingerprint density at radius 1 is 0.737 bits per heavy atom. The van der Waals surface area contributed by atoms with Crippen molar-refractivity contribution in [1.82, 2.24) is 0 Å². The van der Waals surface area contributed by atoms with Crippen LogP contribution in [-0.4, -0.2) is 32.8 Å². The molecule has 19 heavy (non-hydrogen) atoms. The fraction of sp³-hybridized carbons (Fsp3) is 0.333. The van der Waals surface area contributed by atoms with Gasteiger partial charge in [0, 0.05) is 12.1 Å². The summed E-state index contributed by atoms with van der Waals surface area (Å²) in [6.07, 6.45) is -12.5. The van der Waals surface area contributed by atoms with E-state index in [4.69, 9.17) is 20.4 Å². The van der Waals surface area contributed by atoms with Gasteiger partial charge in [0.1, 0.15) is 17.2 Å². The molecule has 0 unspecified atom stereocenters. The zero-order valence-corrected chi connectivity index (χ0v) is 8.71. The van der Waals surface area contributed by atoms with Crippen molar-refractivity contribution in [1.29, 1.82) is 0 Å². The number of phenols is 3. The third-order valence-corrected chi connectivity index (χ3v) is 2.26. The third-order valence-electron chi connectivity index (χ3n) is 2.26. The summed E-state index contributed by atoms with van der Waals surface area (Å²) >= 11 is 0. The maximum absolute atomic E-state index is 12.5. The number of aliphatic hydroxyl groups is 1. The van der Waals surface area contributed by atoms with E-state index < -0.39 is 40.8 Å². The highest BCUT2D eigenvalue weighted by molar-refractivity contribution is 5.53. The van der Waals surface area contributed by atoms with E-state index in [0.717, 1.165) is 0 Å². The van der Waals surface area contributed by atoms with Crippen molar-refractivity contribution in [3.05, 3.63) is 17.7 Å². The first kappa shape index (κ1) is 15.2. The summed E-state index contributed by atoms with van der Waals surface area (Å²) in [5, 5.41) is 35.9. The Balaban J connectivity index is 3.72. The zero-order valence-electron chi connectivity index (χ0n) is 8.71. The van der Waals surface area contributed by atoms with Crippen LogP contribution in [0.3, 0.4) is 0 Å². The Hall–Kier alpha value is -1.84. The van der Waals surface area contributed by atoms with Crippen LogP contribution in [0.5, 0.6) is 17.2 Å². The van der Waals surface area contributed by atoms with Gasteiger partial charge in [-0.1, -0.05) is 0 Å². The van der Waals surface area contributed by atoms with E-state index in [0.29, 0.717) is 0 Å². The highest BCUT2D eigenvalue weighted by atomic mass is 19.4. The first-order valence-corrected chi connectivity index (χ1v) is 4.43. The van der Waals surface area contributed by atoms with Gasteiger partial charge in [0.25, 0.3) is 5.60 Å². The number of hydrogen-bond donors (Lipinski definition) is 4. The summed E-state index contributed by atoms with van der Waals surface area (Å²) in [4.78, 5) is 0. The van der Waals surface area contributed by atoms with Crippen molar-refractivity contribution < 1.29 is 46.8 Å². The van der Waals surface area contributed by atoms with E-state index in [-0.39, 0.29) is 12.1 Å². The maximum Gasteiger partial charge on any atom is 0.430 e. The molecule has 0 amide bonds. The van der Waals surface area contributed by atoms with E-state index >= 15 is 0 Å². The molecule has 0 aromatic heterocycles. The molecule has 4 nitrogen and oxygen atoms in total. The first-order valence-electron chi connectivity index (χ1n) is 4.43. The van der Waals surface area contributed by atoms with Crippen LogP contribution in [0.15, 0.2) is 12.1 Å². The monoisotopic (exact) mass is 292 g/mol. The molecular weight excluding hydrogens is 286 g/mol. The quantitative estimate of drug-likeness (QED) is 0.598. The molecule has 0 heterocycles. The molecule has 0 fully saturated rings. The SMILES string of the molecule is Oc1cc(O)c(C(O)(C(F)(F)F)C(F)(F)F)c(O)c1. The van der Waals surface area contributed by atoms with Crippen molar-refractivity contribution in [3.63, 3.8) is 0 Å². The summed E-state index contributed by atoms with van der Waals surface area (Å²) in [5.74, 6) is -4.49. The van der Waals surface area contributed by atoms with Crippen LogP contribution in [0.2, 0.25) is 0 Å². The van der Waals surface area contributed by atoms with Gasteiger partial charge < -0.3 is 20.4 Å². The van der Waals surface area contributed by atoms with E-state index in [1.807, 2.05) is 0 Å². The average Bonchev–Trinajstić information content (AvgIpc) is 2.11. The summed E-state index contributed by atoms with van der Waals surface area (Å²) in [5.41, 5.74) is -7.67. The number of halogens is 6. The number of aromatic hydroxyl groups is 3. The van der Waals surface area contributed by atoms with Crippen LogP contribution >= 0.6 is 0 Å². The molecule has 1 aromatic rings. The van der Waals surface area contributed by atoms with Gasteiger partial charge in [-0.15, -0.1) is 0 Å². The molecule has 0 aliphatic heterocycles. The molecule has 0 aliphatic carbocycles. The van der Waals surface area contributed by atoms with Gasteiger partial charge in [-0.2, -0.15) is 26.3 Å². The lowest BCUT2D eigenvalue weighted by molar-refractivity contribution is -0.376. The predicted octanol–water partition coefficient (Wildman–Crippen LogP) is 2.12. The molecule has 1 rings (SSSR count). The van der Waals surface area contributed by atoms with E-state index in [2.05, 4.69) is 0 Å². The molecule has 108 valence electrons. The minimum absolute atomic E-state index is 0.123. The van der Waals surface area contributed by atoms with Gasteiger partial charge in [0.2, 0.25) is 0 Å². The highest BCUT2D eigenvalue weighted by Crippen LogP contribution is 2.55. The molecule has 0 aliphatic rings. The van der Waals surface area contributed by atoms with Crippen molar-refractivity contribution >= 4 is 0 Å². The number of rotatable bonds is 1. The Morgan fingerprint density at radius 2 is 1.05 bits per heavy atom. The standard InChI is InChI=1S/C9H6F6O4/c10-8(11,12)7(19,9(13,14)15)6-4(17)1-3(16)2-5(6)18/h1-2,16-19H. The molecule has 0 radical (unpaired) electrons. The van der Waals surface area contributed by atoms with Gasteiger partial charge in [0.05, 0.1) is 5.56 Å². The fourth-order valence-corrected chi connectivity index (χ4v) is 1.41. The van der Waals surface area contributed by atoms with Gasteiger partial charge >= 0.3 is 12.4 Å². The second kappa shape index (κ2) is 4.08. The normalized spacial score (nSPS) is 13.6. The molecule has 0 saturated carbocycles. The van der Waals surface area contributed by atoms with Crippen molar-refractivity contribution in [2.45, 2.75) is 18.0 Å². The van der Waals surface area contributed by atoms with E-state index in [1.54, 1.807) is 0 Å². The molecule has 1 aromatic carbocycles. The number of hydrogen-bond acceptors (Lipinski definition) is 4. The Labute approximate surface area is 101 Å². The summed E-state index contributed by atoms with van der Waals surface area (Å²) < 4.78 is 75.0. The Morgan fingerprint density at radius 3 is 1.32 bits per heavy atom. The first-order chi connectivity index (χ1) is 8.32. The van der Waals surface area contributed by atoms with Crippen LogP contribution < -0.4 is 0 Å². The Bertz CT molecular complexity index is 455. The Kier molecular flexibility index (Phi) is 3.27. The molecule has 4 N–H and O–H groups in total. The molecule has 10 heteroatoms. The zero-order chi connectivity index (χ0) is 15.2. The number of alkyl halides is 6. The fourth-order valence-electron chi connectivity index (χ4n) is 1.41. The van der Waals surface area contributed by atoms with Crippen molar-refractivity contribution in [2.75, 3.05) is 0 Å². The maximum atomic E-state index is 12.5. The summed E-state index contributed by atoms with van der Waals surface area (Å²) in [7, 11) is 0. The molecule has 0 saturated heterocycles. The van der Waals surface area contributed by atoms with Crippen LogP contribution in [0.1, 0.15) is 5.56 Å². The summed E-state index contributed by atoms with van der Waals surface area (Å²) in [6, 6.07) is 0.245. The number of benzene rings is 1. The molecule has 0 atom stereocenters. The average molecular weight is 292 g/mol. The molecule has 0 bridgehead atoms. The van der Waals surface area contributed by atoms with Gasteiger partial charge in [-0.25, -0.2) is 0 Å². The predicted molar refractivity (Wildman–Crippen MR) is 47.4 cm³/mol. The third kappa shape index (κ3) is 2.23. The lowest BCUT2D eigenvalue weighted by atomic mass is 9.90. The van der Waals surface area contributed by atoms with Crippen molar-refractivity contribution in [3.8, 4) is 17.2 Å². The number of phenolic OH excluding ortho intramolecular Hbond substituents is 3. The van der Waals surface area contributed by atoms with Gasteiger partial charge in [-0.05, 0) is 0 Å². The van der Waals surface area contributed by atoms with Crippen LogP contribution in [0.4, 0.5) is 26.3 Å². The molecular formula is C9H6F6O4. The van der Waals surface area contributed by atoms with Crippen LogP contribution in [0.25, 0.3) is 0 Å². The van der Waals surface area contributed by atoms with Crippen LogP contribution in [-0.2, 0) is 5.60 Å².